The van der Waals surface area contributed by atoms with Gasteiger partial charge in [-0.1, -0.05) is 29.9 Å². The van der Waals surface area contributed by atoms with Gasteiger partial charge in [-0.15, -0.1) is 23.5 Å². The topological polar surface area (TPSA) is 33.2 Å². The third-order valence-corrected chi connectivity index (χ3v) is 11.6. The summed E-state index contributed by atoms with van der Waals surface area (Å²) in [5.74, 6) is 4.51. The van der Waals surface area contributed by atoms with E-state index in [0.29, 0.717) is 28.4 Å². The summed E-state index contributed by atoms with van der Waals surface area (Å²) >= 11 is 6.07. The quantitative estimate of drug-likeness (QED) is 0.645. The van der Waals surface area contributed by atoms with Gasteiger partial charge in [-0.05, 0) is 56.6 Å². The zero-order valence-electron chi connectivity index (χ0n) is 15.7. The molecule has 0 N–H and O–H groups in total. The lowest BCUT2D eigenvalue weighted by atomic mass is 9.66. The number of thioether (sulfide) groups is 2. The molecule has 1 spiro atoms. The molecule has 2 bridgehead atoms. The van der Waals surface area contributed by atoms with Crippen molar-refractivity contribution in [3.63, 3.8) is 0 Å². The first kappa shape index (κ1) is 18.3. The standard InChI is InChI=1S/C21H26N2OS3/c1-2-23(20-22-17-8-3-4-9-18(17)27-20)19(24)14-12-15-6-5-7-16(13-14)21(15)25-10-11-26-21/h3-4,8-9,14-16H,2,5-7,10-13H2,1H3. The smallest absolute Gasteiger partial charge is 0.231 e. The Morgan fingerprint density at radius 3 is 2.56 bits per heavy atom. The maximum absolute atomic E-state index is 13.5. The van der Waals surface area contributed by atoms with Gasteiger partial charge in [0.05, 0.1) is 14.3 Å². The first-order chi connectivity index (χ1) is 13.2. The average molecular weight is 419 g/mol. The number of hydrogen-bond donors (Lipinski definition) is 0. The Hall–Kier alpha value is -0.720. The molecular weight excluding hydrogens is 392 g/mol. The minimum atomic E-state index is 0.180. The molecule has 1 amide bonds. The van der Waals surface area contributed by atoms with Crippen molar-refractivity contribution in [2.45, 2.75) is 43.1 Å². The maximum atomic E-state index is 13.5. The number of carbonyl (C=O) groups is 1. The number of aromatic nitrogens is 1. The number of benzene rings is 1. The Kier molecular flexibility index (Phi) is 4.93. The molecule has 6 heteroatoms. The van der Waals surface area contributed by atoms with Gasteiger partial charge < -0.3 is 0 Å². The van der Waals surface area contributed by atoms with Crippen LogP contribution in [-0.2, 0) is 4.79 Å². The molecule has 1 aromatic heterocycles. The van der Waals surface area contributed by atoms with Crippen molar-refractivity contribution in [3.8, 4) is 0 Å². The summed E-state index contributed by atoms with van der Waals surface area (Å²) in [5, 5.41) is 0.874. The summed E-state index contributed by atoms with van der Waals surface area (Å²) < 4.78 is 1.60. The fourth-order valence-electron chi connectivity index (χ4n) is 5.39. The second-order valence-corrected chi connectivity index (χ2v) is 12.0. The van der Waals surface area contributed by atoms with Crippen LogP contribution in [0, 0.1) is 17.8 Å². The fourth-order valence-corrected chi connectivity index (χ4v) is 10.4. The number of hydrogen-bond acceptors (Lipinski definition) is 5. The minimum absolute atomic E-state index is 0.180. The number of amides is 1. The van der Waals surface area contributed by atoms with Gasteiger partial charge in [-0.3, -0.25) is 9.69 Å². The second kappa shape index (κ2) is 7.27. The highest BCUT2D eigenvalue weighted by atomic mass is 32.2. The second-order valence-electron chi connectivity index (χ2n) is 7.96. The van der Waals surface area contributed by atoms with Gasteiger partial charge in [0.15, 0.2) is 5.13 Å². The molecule has 3 fully saturated rings. The number of para-hydroxylation sites is 1. The van der Waals surface area contributed by atoms with Gasteiger partial charge in [0.25, 0.3) is 0 Å². The van der Waals surface area contributed by atoms with E-state index in [9.17, 15) is 4.79 Å². The average Bonchev–Trinajstić information content (AvgIpc) is 3.29. The van der Waals surface area contributed by atoms with Crippen LogP contribution in [-0.4, -0.2) is 33.0 Å². The molecular formula is C21H26N2OS3. The molecule has 0 radical (unpaired) electrons. The summed E-state index contributed by atoms with van der Waals surface area (Å²) in [6.45, 7) is 2.79. The fraction of sp³-hybridized carbons (Fsp3) is 0.619. The monoisotopic (exact) mass is 418 g/mol. The normalized spacial score (nSPS) is 29.3. The number of fused-ring (bicyclic) bond motifs is 1. The van der Waals surface area contributed by atoms with Gasteiger partial charge in [0.2, 0.25) is 5.91 Å². The number of thiazole rings is 1. The van der Waals surface area contributed by atoms with E-state index in [4.69, 9.17) is 4.98 Å². The molecule has 5 rings (SSSR count). The highest BCUT2D eigenvalue weighted by Crippen LogP contribution is 2.64. The summed E-state index contributed by atoms with van der Waals surface area (Å²) in [6.07, 6.45) is 6.14. The summed E-state index contributed by atoms with van der Waals surface area (Å²) in [4.78, 5) is 20.2. The van der Waals surface area contributed by atoms with Crippen molar-refractivity contribution in [2.75, 3.05) is 23.0 Å². The highest BCUT2D eigenvalue weighted by Gasteiger charge is 2.55. The first-order valence-electron chi connectivity index (χ1n) is 10.2. The highest BCUT2D eigenvalue weighted by molar-refractivity contribution is 8.21. The molecule has 1 aliphatic heterocycles. The van der Waals surface area contributed by atoms with Crippen LogP contribution in [0.4, 0.5) is 5.13 Å². The predicted molar refractivity (Wildman–Crippen MR) is 119 cm³/mol. The Morgan fingerprint density at radius 2 is 1.89 bits per heavy atom. The van der Waals surface area contributed by atoms with Crippen LogP contribution < -0.4 is 4.90 Å². The SMILES string of the molecule is CCN(C(=O)C1CC2CCCC(C1)C21SCCS1)c1nc2ccccc2s1. The summed E-state index contributed by atoms with van der Waals surface area (Å²) in [6, 6.07) is 8.19. The maximum Gasteiger partial charge on any atom is 0.231 e. The lowest BCUT2D eigenvalue weighted by Crippen LogP contribution is -2.50. The Morgan fingerprint density at radius 1 is 1.19 bits per heavy atom. The van der Waals surface area contributed by atoms with E-state index in [1.54, 1.807) is 11.3 Å². The molecule has 2 heterocycles. The van der Waals surface area contributed by atoms with E-state index >= 15 is 0 Å². The van der Waals surface area contributed by atoms with Crippen molar-refractivity contribution in [3.05, 3.63) is 24.3 Å². The predicted octanol–water partition coefficient (Wildman–Crippen LogP) is 5.65. The van der Waals surface area contributed by atoms with E-state index in [0.717, 1.165) is 28.2 Å². The van der Waals surface area contributed by atoms with Crippen molar-refractivity contribution in [1.29, 1.82) is 0 Å². The van der Waals surface area contributed by atoms with E-state index in [2.05, 4.69) is 36.5 Å². The lowest BCUT2D eigenvalue weighted by Gasteiger charge is -2.52. The van der Waals surface area contributed by atoms with Crippen molar-refractivity contribution >= 4 is 56.1 Å². The summed E-state index contributed by atoms with van der Waals surface area (Å²) in [7, 11) is 0. The van der Waals surface area contributed by atoms with E-state index in [1.807, 2.05) is 23.1 Å². The zero-order chi connectivity index (χ0) is 18.4. The molecule has 1 saturated heterocycles. The van der Waals surface area contributed by atoms with Crippen LogP contribution in [0.2, 0.25) is 0 Å². The molecule has 144 valence electrons. The summed E-state index contributed by atoms with van der Waals surface area (Å²) in [5.41, 5.74) is 1.00. The van der Waals surface area contributed by atoms with Crippen molar-refractivity contribution < 1.29 is 4.79 Å². The molecule has 3 aliphatic rings. The molecule has 2 saturated carbocycles. The zero-order valence-corrected chi connectivity index (χ0v) is 18.2. The van der Waals surface area contributed by atoms with Gasteiger partial charge in [-0.25, -0.2) is 4.98 Å². The first-order valence-corrected chi connectivity index (χ1v) is 12.9. The molecule has 2 unspecified atom stereocenters. The van der Waals surface area contributed by atoms with E-state index in [1.165, 1.54) is 30.8 Å². The Bertz CT molecular complexity index is 796. The van der Waals surface area contributed by atoms with Crippen molar-refractivity contribution in [1.82, 2.24) is 4.98 Å². The van der Waals surface area contributed by atoms with Gasteiger partial charge in [-0.2, -0.15) is 0 Å². The van der Waals surface area contributed by atoms with Crippen LogP contribution in [0.5, 0.6) is 0 Å². The van der Waals surface area contributed by atoms with Crippen molar-refractivity contribution in [2.24, 2.45) is 17.8 Å². The third kappa shape index (κ3) is 3.03. The largest absolute Gasteiger partial charge is 0.288 e. The molecule has 2 aromatic rings. The molecule has 1 aromatic carbocycles. The Labute approximate surface area is 173 Å². The van der Waals surface area contributed by atoms with Crippen LogP contribution >= 0.6 is 34.9 Å². The van der Waals surface area contributed by atoms with E-state index < -0.39 is 0 Å². The molecule has 3 nitrogen and oxygen atoms in total. The third-order valence-electron chi connectivity index (χ3n) is 6.56. The van der Waals surface area contributed by atoms with Crippen LogP contribution in [0.15, 0.2) is 24.3 Å². The number of anilines is 1. The van der Waals surface area contributed by atoms with E-state index in [-0.39, 0.29) is 5.92 Å². The molecule has 2 aliphatic carbocycles. The van der Waals surface area contributed by atoms with Gasteiger partial charge >= 0.3 is 0 Å². The molecule has 27 heavy (non-hydrogen) atoms. The van der Waals surface area contributed by atoms with Gasteiger partial charge in [0, 0.05) is 24.0 Å². The number of carbonyl (C=O) groups excluding carboxylic acids is 1. The number of rotatable bonds is 3. The number of nitrogens with zero attached hydrogens (tertiary/aromatic N) is 2. The van der Waals surface area contributed by atoms with Crippen LogP contribution in [0.3, 0.4) is 0 Å². The minimum Gasteiger partial charge on any atom is -0.288 e. The Balaban J connectivity index is 1.40. The lowest BCUT2D eigenvalue weighted by molar-refractivity contribution is -0.124. The van der Waals surface area contributed by atoms with Crippen LogP contribution in [0.1, 0.15) is 39.0 Å². The van der Waals surface area contributed by atoms with Gasteiger partial charge in [0.1, 0.15) is 0 Å². The van der Waals surface area contributed by atoms with Crippen LogP contribution in [0.25, 0.3) is 10.2 Å². The molecule has 2 atom stereocenters.